The molecule has 132 valence electrons. The fourth-order valence-corrected chi connectivity index (χ4v) is 2.76. The Balaban J connectivity index is 1.47. The molecule has 25 heavy (non-hydrogen) atoms. The van der Waals surface area contributed by atoms with Gasteiger partial charge in [-0.15, -0.1) is 0 Å². The number of nitrogens with one attached hydrogen (secondary N) is 2. The van der Waals surface area contributed by atoms with Crippen molar-refractivity contribution < 1.29 is 9.53 Å². The second kappa shape index (κ2) is 8.80. The zero-order valence-electron chi connectivity index (χ0n) is 13.9. The Bertz CT molecular complexity index is 702. The quantitative estimate of drug-likeness (QED) is 0.829. The van der Waals surface area contributed by atoms with Crippen LogP contribution in [0.15, 0.2) is 42.6 Å². The Morgan fingerprint density at radius 2 is 2.08 bits per heavy atom. The third kappa shape index (κ3) is 5.42. The van der Waals surface area contributed by atoms with Gasteiger partial charge in [0, 0.05) is 36.8 Å². The number of anilines is 2. The molecule has 0 spiro atoms. The molecule has 3 rings (SSSR count). The first-order valence-electron chi connectivity index (χ1n) is 8.28. The summed E-state index contributed by atoms with van der Waals surface area (Å²) in [6.45, 7) is 5.34. The summed E-state index contributed by atoms with van der Waals surface area (Å²) in [5.74, 6) is 0.575. The van der Waals surface area contributed by atoms with Crippen molar-refractivity contribution in [3.05, 3.63) is 53.2 Å². The molecule has 1 amide bonds. The summed E-state index contributed by atoms with van der Waals surface area (Å²) in [7, 11) is 0. The van der Waals surface area contributed by atoms with Crippen LogP contribution in [-0.4, -0.2) is 55.2 Å². The van der Waals surface area contributed by atoms with Crippen LogP contribution in [0.4, 0.5) is 11.5 Å². The van der Waals surface area contributed by atoms with Crippen molar-refractivity contribution >= 4 is 29.0 Å². The van der Waals surface area contributed by atoms with Crippen molar-refractivity contribution in [1.82, 2.24) is 9.88 Å². The smallest absolute Gasteiger partial charge is 0.255 e. The molecule has 2 heterocycles. The summed E-state index contributed by atoms with van der Waals surface area (Å²) in [6, 6.07) is 10.5. The molecule has 1 aliphatic rings. The van der Waals surface area contributed by atoms with Crippen LogP contribution >= 0.6 is 11.6 Å². The third-order valence-electron chi connectivity index (χ3n) is 3.95. The maximum Gasteiger partial charge on any atom is 0.255 e. The number of rotatable bonds is 6. The van der Waals surface area contributed by atoms with E-state index in [0.717, 1.165) is 45.2 Å². The number of pyridine rings is 1. The normalized spacial score (nSPS) is 14.9. The number of amides is 1. The van der Waals surface area contributed by atoms with Gasteiger partial charge in [-0.1, -0.05) is 17.7 Å². The Kier molecular flexibility index (Phi) is 6.22. The minimum absolute atomic E-state index is 0.211. The molecular weight excluding hydrogens is 340 g/mol. The molecule has 2 N–H and O–H groups in total. The zero-order chi connectivity index (χ0) is 17.5. The molecule has 1 aliphatic heterocycles. The molecule has 0 atom stereocenters. The van der Waals surface area contributed by atoms with E-state index in [2.05, 4.69) is 20.5 Å². The molecule has 6 nitrogen and oxygen atoms in total. The molecular formula is C18H21ClN4O2. The molecule has 0 unspecified atom stereocenters. The largest absolute Gasteiger partial charge is 0.379 e. The second-order valence-corrected chi connectivity index (χ2v) is 6.21. The van der Waals surface area contributed by atoms with E-state index in [0.29, 0.717) is 16.3 Å². The molecule has 1 aromatic heterocycles. The van der Waals surface area contributed by atoms with E-state index in [1.54, 1.807) is 30.5 Å². The van der Waals surface area contributed by atoms with E-state index < -0.39 is 0 Å². The highest BCUT2D eigenvalue weighted by Crippen LogP contribution is 2.14. The van der Waals surface area contributed by atoms with Crippen LogP contribution in [0, 0.1) is 0 Å². The lowest BCUT2D eigenvalue weighted by Gasteiger charge is -2.26. The van der Waals surface area contributed by atoms with Crippen molar-refractivity contribution in [2.45, 2.75) is 0 Å². The number of carbonyl (C=O) groups excluding carboxylic acids is 1. The van der Waals surface area contributed by atoms with Crippen molar-refractivity contribution in [2.75, 3.05) is 50.0 Å². The predicted molar refractivity (Wildman–Crippen MR) is 99.4 cm³/mol. The van der Waals surface area contributed by atoms with E-state index in [4.69, 9.17) is 16.3 Å². The molecule has 1 aromatic carbocycles. The van der Waals surface area contributed by atoms with Gasteiger partial charge in [-0.3, -0.25) is 9.69 Å². The number of halogens is 1. The van der Waals surface area contributed by atoms with Gasteiger partial charge in [0.2, 0.25) is 0 Å². The van der Waals surface area contributed by atoms with Crippen molar-refractivity contribution in [2.24, 2.45) is 0 Å². The minimum atomic E-state index is -0.211. The van der Waals surface area contributed by atoms with Crippen LogP contribution in [0.3, 0.4) is 0 Å². The molecule has 0 bridgehead atoms. The monoisotopic (exact) mass is 360 g/mol. The van der Waals surface area contributed by atoms with Gasteiger partial charge in [0.1, 0.15) is 5.82 Å². The fraction of sp³-hybridized carbons (Fsp3) is 0.333. The Hall–Kier alpha value is -2.15. The van der Waals surface area contributed by atoms with Crippen molar-refractivity contribution in [3.8, 4) is 0 Å². The van der Waals surface area contributed by atoms with E-state index in [-0.39, 0.29) is 5.91 Å². The van der Waals surface area contributed by atoms with Gasteiger partial charge in [0.15, 0.2) is 0 Å². The summed E-state index contributed by atoms with van der Waals surface area (Å²) in [6.07, 6.45) is 1.64. The molecule has 0 radical (unpaired) electrons. The molecule has 0 saturated carbocycles. The van der Waals surface area contributed by atoms with E-state index in [1.807, 2.05) is 12.1 Å². The first-order valence-corrected chi connectivity index (χ1v) is 8.65. The number of hydrogen-bond donors (Lipinski definition) is 2. The van der Waals surface area contributed by atoms with Gasteiger partial charge < -0.3 is 15.4 Å². The van der Waals surface area contributed by atoms with Gasteiger partial charge in [0.25, 0.3) is 5.91 Å². The number of benzene rings is 1. The summed E-state index contributed by atoms with van der Waals surface area (Å²) in [5.41, 5.74) is 1.16. The maximum absolute atomic E-state index is 12.2. The summed E-state index contributed by atoms with van der Waals surface area (Å²) >= 11 is 5.91. The van der Waals surface area contributed by atoms with Gasteiger partial charge in [0.05, 0.1) is 25.1 Å². The van der Waals surface area contributed by atoms with Crippen LogP contribution in [0.25, 0.3) is 0 Å². The minimum Gasteiger partial charge on any atom is -0.379 e. The van der Waals surface area contributed by atoms with Crippen molar-refractivity contribution in [3.63, 3.8) is 0 Å². The first kappa shape index (κ1) is 17.7. The summed E-state index contributed by atoms with van der Waals surface area (Å²) < 4.78 is 5.33. The first-order chi connectivity index (χ1) is 12.2. The number of morpholine rings is 1. The molecule has 7 heteroatoms. The summed E-state index contributed by atoms with van der Waals surface area (Å²) in [4.78, 5) is 18.9. The van der Waals surface area contributed by atoms with Gasteiger partial charge >= 0.3 is 0 Å². The van der Waals surface area contributed by atoms with Gasteiger partial charge in [-0.05, 0) is 30.3 Å². The number of hydrogen-bond acceptors (Lipinski definition) is 5. The average molecular weight is 361 g/mol. The standard InChI is InChI=1S/C18H21ClN4O2/c19-15-3-1-2-14(12-15)18(24)22-16-4-5-17(21-13-16)20-6-7-23-8-10-25-11-9-23/h1-5,12-13H,6-11H2,(H,20,21)(H,22,24). The molecule has 1 saturated heterocycles. The number of carbonyl (C=O) groups is 1. The Morgan fingerprint density at radius 1 is 1.24 bits per heavy atom. The van der Waals surface area contributed by atoms with E-state index in [9.17, 15) is 4.79 Å². The highest BCUT2D eigenvalue weighted by Gasteiger charge is 2.09. The van der Waals surface area contributed by atoms with E-state index in [1.165, 1.54) is 0 Å². The lowest BCUT2D eigenvalue weighted by Crippen LogP contribution is -2.39. The zero-order valence-corrected chi connectivity index (χ0v) is 14.6. The van der Waals surface area contributed by atoms with Crippen molar-refractivity contribution in [1.29, 1.82) is 0 Å². The second-order valence-electron chi connectivity index (χ2n) is 5.78. The lowest BCUT2D eigenvalue weighted by atomic mass is 10.2. The topological polar surface area (TPSA) is 66.5 Å². The molecule has 1 fully saturated rings. The van der Waals surface area contributed by atoms with E-state index >= 15 is 0 Å². The van der Waals surface area contributed by atoms with Crippen LogP contribution in [0.1, 0.15) is 10.4 Å². The maximum atomic E-state index is 12.2. The summed E-state index contributed by atoms with van der Waals surface area (Å²) in [5, 5.41) is 6.63. The predicted octanol–water partition coefficient (Wildman–Crippen LogP) is 2.73. The van der Waals surface area contributed by atoms with Crippen LogP contribution < -0.4 is 10.6 Å². The number of aromatic nitrogens is 1. The third-order valence-corrected chi connectivity index (χ3v) is 4.18. The molecule has 0 aliphatic carbocycles. The average Bonchev–Trinajstić information content (AvgIpc) is 2.64. The highest BCUT2D eigenvalue weighted by atomic mass is 35.5. The van der Waals surface area contributed by atoms with Gasteiger partial charge in [-0.25, -0.2) is 4.98 Å². The Morgan fingerprint density at radius 3 is 2.80 bits per heavy atom. The Labute approximate surface area is 152 Å². The van der Waals surface area contributed by atoms with Crippen LogP contribution in [0.2, 0.25) is 5.02 Å². The SMILES string of the molecule is O=C(Nc1ccc(NCCN2CCOCC2)nc1)c1cccc(Cl)c1. The molecule has 2 aromatic rings. The number of ether oxygens (including phenoxy) is 1. The fourth-order valence-electron chi connectivity index (χ4n) is 2.57. The lowest BCUT2D eigenvalue weighted by molar-refractivity contribution is 0.0398. The van der Waals surface area contributed by atoms with Gasteiger partial charge in [-0.2, -0.15) is 0 Å². The number of nitrogens with zero attached hydrogens (tertiary/aromatic N) is 2. The highest BCUT2D eigenvalue weighted by molar-refractivity contribution is 6.31. The van der Waals surface area contributed by atoms with Crippen LogP contribution in [-0.2, 0) is 4.74 Å². The van der Waals surface area contributed by atoms with Crippen LogP contribution in [0.5, 0.6) is 0 Å².